The van der Waals surface area contributed by atoms with E-state index in [0.29, 0.717) is 17.8 Å². The summed E-state index contributed by atoms with van der Waals surface area (Å²) in [6.07, 6.45) is 10.9. The highest BCUT2D eigenvalue weighted by Crippen LogP contribution is 2.65. The Morgan fingerprint density at radius 2 is 1.90 bits per heavy atom. The molecule has 1 aromatic carbocycles. The molecule has 0 amide bonds. The second-order valence-corrected chi connectivity index (χ2v) is 10.6. The third-order valence-electron chi connectivity index (χ3n) is 9.15. The molecular formula is C26H33FO2. The molecule has 5 rings (SSSR count). The predicted molar refractivity (Wildman–Crippen MR) is 113 cm³/mol. The Morgan fingerprint density at radius 1 is 1.07 bits per heavy atom. The molecule has 0 heterocycles. The zero-order valence-electron chi connectivity index (χ0n) is 17.6. The van der Waals surface area contributed by atoms with Crippen molar-refractivity contribution in [2.45, 2.75) is 71.0 Å². The van der Waals surface area contributed by atoms with Crippen LogP contribution in [0.25, 0.3) is 6.08 Å². The maximum Gasteiger partial charge on any atom is 0.123 e. The fourth-order valence-corrected chi connectivity index (χ4v) is 7.45. The molecule has 0 aromatic heterocycles. The van der Waals surface area contributed by atoms with E-state index in [4.69, 9.17) is 0 Å². The van der Waals surface area contributed by atoms with E-state index in [1.54, 1.807) is 12.1 Å². The van der Waals surface area contributed by atoms with Crippen molar-refractivity contribution in [3.8, 4) is 0 Å². The van der Waals surface area contributed by atoms with Gasteiger partial charge in [0.2, 0.25) is 0 Å². The quantitative estimate of drug-likeness (QED) is 0.615. The molecule has 0 spiro atoms. The van der Waals surface area contributed by atoms with Gasteiger partial charge in [0.05, 0.1) is 12.2 Å². The van der Waals surface area contributed by atoms with Crippen LogP contribution in [-0.2, 0) is 0 Å². The first-order valence-corrected chi connectivity index (χ1v) is 11.3. The van der Waals surface area contributed by atoms with Gasteiger partial charge in [-0.25, -0.2) is 4.39 Å². The number of fused-ring (bicyclic) bond motifs is 5. The average molecular weight is 397 g/mol. The van der Waals surface area contributed by atoms with Crippen molar-refractivity contribution in [3.05, 3.63) is 52.9 Å². The summed E-state index contributed by atoms with van der Waals surface area (Å²) in [6, 6.07) is 6.67. The Hall–Kier alpha value is -1.45. The molecule has 4 aliphatic rings. The van der Waals surface area contributed by atoms with Crippen LogP contribution in [0, 0.1) is 34.4 Å². The number of aliphatic hydroxyl groups is 2. The highest BCUT2D eigenvalue weighted by molar-refractivity contribution is 5.55. The summed E-state index contributed by atoms with van der Waals surface area (Å²) in [6.45, 7) is 4.70. The minimum absolute atomic E-state index is 0.0871. The molecule has 7 atom stereocenters. The van der Waals surface area contributed by atoms with Crippen molar-refractivity contribution >= 4 is 6.08 Å². The summed E-state index contributed by atoms with van der Waals surface area (Å²) in [4.78, 5) is 0. The van der Waals surface area contributed by atoms with E-state index in [1.807, 2.05) is 12.1 Å². The van der Waals surface area contributed by atoms with Gasteiger partial charge in [0.1, 0.15) is 5.82 Å². The van der Waals surface area contributed by atoms with E-state index in [1.165, 1.54) is 11.6 Å². The van der Waals surface area contributed by atoms with E-state index < -0.39 is 6.10 Å². The lowest BCUT2D eigenvalue weighted by Crippen LogP contribution is -2.51. The smallest absolute Gasteiger partial charge is 0.123 e. The van der Waals surface area contributed by atoms with Crippen molar-refractivity contribution in [1.82, 2.24) is 0 Å². The highest BCUT2D eigenvalue weighted by Gasteiger charge is 2.59. The lowest BCUT2D eigenvalue weighted by Gasteiger charge is -2.57. The van der Waals surface area contributed by atoms with Crippen LogP contribution in [0.1, 0.15) is 64.4 Å². The summed E-state index contributed by atoms with van der Waals surface area (Å²) in [5, 5.41) is 21.5. The molecule has 4 aliphatic carbocycles. The van der Waals surface area contributed by atoms with Crippen LogP contribution < -0.4 is 0 Å². The van der Waals surface area contributed by atoms with Crippen molar-refractivity contribution in [1.29, 1.82) is 0 Å². The van der Waals surface area contributed by atoms with Crippen molar-refractivity contribution in [2.24, 2.45) is 28.6 Å². The highest BCUT2D eigenvalue weighted by atomic mass is 19.1. The molecule has 0 bridgehead atoms. The number of hydrogen-bond donors (Lipinski definition) is 2. The van der Waals surface area contributed by atoms with Gasteiger partial charge in [-0.05, 0) is 91.4 Å². The molecular weight excluding hydrogens is 363 g/mol. The van der Waals surface area contributed by atoms with Gasteiger partial charge in [-0.15, -0.1) is 0 Å². The third kappa shape index (κ3) is 2.96. The van der Waals surface area contributed by atoms with E-state index in [9.17, 15) is 14.6 Å². The first-order chi connectivity index (χ1) is 13.8. The van der Waals surface area contributed by atoms with Gasteiger partial charge in [0.25, 0.3) is 0 Å². The fraction of sp³-hybridized carbons (Fsp3) is 0.615. The maximum absolute atomic E-state index is 13.6. The van der Waals surface area contributed by atoms with Crippen LogP contribution in [-0.4, -0.2) is 22.4 Å². The summed E-state index contributed by atoms with van der Waals surface area (Å²) in [7, 11) is 0. The number of halogens is 1. The lowest BCUT2D eigenvalue weighted by molar-refractivity contribution is -0.0685. The second-order valence-electron chi connectivity index (χ2n) is 10.6. The molecule has 1 aromatic rings. The summed E-state index contributed by atoms with van der Waals surface area (Å²) in [5.41, 5.74) is 3.52. The molecule has 29 heavy (non-hydrogen) atoms. The third-order valence-corrected chi connectivity index (χ3v) is 9.15. The monoisotopic (exact) mass is 396 g/mol. The standard InChI is InChI=1S/C26H33FO2/c1-25-10-8-20(28)15-18(25)6-7-21-22(25)9-11-26(2)23(21)14-17(24(26)29)12-16-4-3-5-19(27)13-16/h3-6,12-13,20-24,28-29H,7-11,14-15H2,1-2H3/b17-12+/t20?,21?,22?,23?,24?,25-,26-/m1/s1. The van der Waals surface area contributed by atoms with Crippen LogP contribution in [0.2, 0.25) is 0 Å². The summed E-state index contributed by atoms with van der Waals surface area (Å²) >= 11 is 0. The SMILES string of the molecule is C[C@@]12CCC3C(CC=C4CC(O)CC[C@]43C)C1C/C(=C\c1cccc(F)c1)C2O. The average Bonchev–Trinajstić information content (AvgIpc) is 2.93. The molecule has 5 unspecified atom stereocenters. The zero-order valence-corrected chi connectivity index (χ0v) is 17.6. The predicted octanol–water partition coefficient (Wildman–Crippen LogP) is 5.50. The molecule has 0 aliphatic heterocycles. The fourth-order valence-electron chi connectivity index (χ4n) is 7.45. The van der Waals surface area contributed by atoms with E-state index in [-0.39, 0.29) is 22.8 Å². The first kappa shape index (κ1) is 19.5. The van der Waals surface area contributed by atoms with Crippen LogP contribution in [0.4, 0.5) is 4.39 Å². The Bertz CT molecular complexity index is 873. The molecule has 3 saturated carbocycles. The minimum atomic E-state index is -0.442. The number of benzene rings is 1. The minimum Gasteiger partial charge on any atom is -0.393 e. The molecule has 2 N–H and O–H groups in total. The molecule has 0 radical (unpaired) electrons. The van der Waals surface area contributed by atoms with Gasteiger partial charge >= 0.3 is 0 Å². The summed E-state index contributed by atoms with van der Waals surface area (Å²) in [5.74, 6) is 1.48. The van der Waals surface area contributed by atoms with E-state index >= 15 is 0 Å². The molecule has 2 nitrogen and oxygen atoms in total. The van der Waals surface area contributed by atoms with Crippen molar-refractivity contribution in [3.63, 3.8) is 0 Å². The lowest BCUT2D eigenvalue weighted by atomic mass is 9.48. The Morgan fingerprint density at radius 3 is 2.69 bits per heavy atom. The van der Waals surface area contributed by atoms with Crippen molar-refractivity contribution in [2.75, 3.05) is 0 Å². The Labute approximate surface area is 173 Å². The van der Waals surface area contributed by atoms with Crippen LogP contribution in [0.3, 0.4) is 0 Å². The maximum atomic E-state index is 13.6. The summed E-state index contributed by atoms with van der Waals surface area (Å²) < 4.78 is 13.6. The van der Waals surface area contributed by atoms with Gasteiger partial charge in [-0.1, -0.05) is 43.7 Å². The van der Waals surface area contributed by atoms with E-state index in [0.717, 1.165) is 56.1 Å². The van der Waals surface area contributed by atoms with Gasteiger partial charge in [-0.2, -0.15) is 0 Å². The van der Waals surface area contributed by atoms with Crippen LogP contribution >= 0.6 is 0 Å². The largest absolute Gasteiger partial charge is 0.393 e. The Balaban J connectivity index is 1.47. The molecule has 3 heteroatoms. The molecule has 156 valence electrons. The molecule has 3 fully saturated rings. The first-order valence-electron chi connectivity index (χ1n) is 11.3. The van der Waals surface area contributed by atoms with Crippen molar-refractivity contribution < 1.29 is 14.6 Å². The number of allylic oxidation sites excluding steroid dienone is 1. The number of rotatable bonds is 1. The van der Waals surface area contributed by atoms with Crippen LogP contribution in [0.5, 0.6) is 0 Å². The Kier molecular flexibility index (Phi) is 4.56. The van der Waals surface area contributed by atoms with Gasteiger partial charge in [0.15, 0.2) is 0 Å². The number of hydrogen-bond acceptors (Lipinski definition) is 2. The van der Waals surface area contributed by atoms with Gasteiger partial charge < -0.3 is 10.2 Å². The van der Waals surface area contributed by atoms with E-state index in [2.05, 4.69) is 19.9 Å². The number of aliphatic hydroxyl groups excluding tert-OH is 2. The van der Waals surface area contributed by atoms with Gasteiger partial charge in [0, 0.05) is 5.41 Å². The van der Waals surface area contributed by atoms with Crippen LogP contribution in [0.15, 0.2) is 41.5 Å². The molecule has 0 saturated heterocycles. The topological polar surface area (TPSA) is 40.5 Å². The zero-order chi connectivity index (χ0) is 20.4. The normalized spacial score (nSPS) is 45.3. The second kappa shape index (κ2) is 6.78. The van der Waals surface area contributed by atoms with Gasteiger partial charge in [-0.3, -0.25) is 0 Å².